The lowest BCUT2D eigenvalue weighted by atomic mass is 9.91. The van der Waals surface area contributed by atoms with E-state index >= 15 is 0 Å². The maximum atomic E-state index is 11.4. The third kappa shape index (κ3) is 5.04. The standard InChI is InChI=1S/C13H25NO4/c1-12(2,3)14(13(4,5)6)9(11(17)18)7-8-10(15)16/h9H,7-8H2,1-6H3,(H,15,16)(H,17,18). The average molecular weight is 259 g/mol. The van der Waals surface area contributed by atoms with Crippen molar-refractivity contribution in [1.29, 1.82) is 0 Å². The monoisotopic (exact) mass is 259 g/mol. The number of hydrogen-bond donors (Lipinski definition) is 2. The van der Waals surface area contributed by atoms with Crippen molar-refractivity contribution in [3.05, 3.63) is 0 Å². The Morgan fingerprint density at radius 1 is 1.00 bits per heavy atom. The van der Waals surface area contributed by atoms with Gasteiger partial charge in [0.25, 0.3) is 0 Å². The van der Waals surface area contributed by atoms with E-state index in [1.807, 2.05) is 46.4 Å². The van der Waals surface area contributed by atoms with E-state index in [1.165, 1.54) is 0 Å². The highest BCUT2D eigenvalue weighted by Gasteiger charge is 2.40. The summed E-state index contributed by atoms with van der Waals surface area (Å²) in [5.41, 5.74) is -0.695. The van der Waals surface area contributed by atoms with Crippen LogP contribution in [0.4, 0.5) is 0 Å². The first-order chi connectivity index (χ1) is 7.87. The third-order valence-electron chi connectivity index (χ3n) is 2.67. The number of carboxylic acids is 2. The van der Waals surface area contributed by atoms with Crippen LogP contribution in [0.15, 0.2) is 0 Å². The van der Waals surface area contributed by atoms with Crippen LogP contribution in [0.5, 0.6) is 0 Å². The summed E-state index contributed by atoms with van der Waals surface area (Å²) in [6, 6.07) is -0.791. The van der Waals surface area contributed by atoms with Gasteiger partial charge >= 0.3 is 11.9 Å². The molecule has 0 spiro atoms. The molecule has 0 rings (SSSR count). The van der Waals surface area contributed by atoms with Crippen molar-refractivity contribution in [3.63, 3.8) is 0 Å². The summed E-state index contributed by atoms with van der Waals surface area (Å²) in [7, 11) is 0. The molecule has 0 fully saturated rings. The van der Waals surface area contributed by atoms with E-state index in [0.717, 1.165) is 0 Å². The topological polar surface area (TPSA) is 77.8 Å². The molecule has 0 radical (unpaired) electrons. The quantitative estimate of drug-likeness (QED) is 0.791. The van der Waals surface area contributed by atoms with E-state index in [9.17, 15) is 14.7 Å². The Morgan fingerprint density at radius 2 is 1.39 bits per heavy atom. The number of rotatable bonds is 5. The molecule has 0 aromatic heterocycles. The van der Waals surface area contributed by atoms with Crippen molar-refractivity contribution in [2.75, 3.05) is 0 Å². The molecule has 1 unspecified atom stereocenters. The summed E-state index contributed by atoms with van der Waals surface area (Å²) in [6.45, 7) is 11.6. The molecule has 0 bridgehead atoms. The maximum absolute atomic E-state index is 11.4. The lowest BCUT2D eigenvalue weighted by Crippen LogP contribution is -2.60. The van der Waals surface area contributed by atoms with E-state index in [1.54, 1.807) is 0 Å². The Balaban J connectivity index is 5.25. The lowest BCUT2D eigenvalue weighted by molar-refractivity contribution is -0.151. The SMILES string of the molecule is CC(C)(C)N(C(CCC(=O)O)C(=O)O)C(C)(C)C. The van der Waals surface area contributed by atoms with Gasteiger partial charge in [0.1, 0.15) is 6.04 Å². The van der Waals surface area contributed by atoms with E-state index in [-0.39, 0.29) is 23.9 Å². The van der Waals surface area contributed by atoms with E-state index in [0.29, 0.717) is 0 Å². The predicted molar refractivity (Wildman–Crippen MR) is 69.6 cm³/mol. The van der Waals surface area contributed by atoms with Crippen LogP contribution in [-0.4, -0.2) is 44.2 Å². The van der Waals surface area contributed by atoms with Crippen LogP contribution < -0.4 is 0 Å². The zero-order valence-electron chi connectivity index (χ0n) is 12.1. The van der Waals surface area contributed by atoms with Gasteiger partial charge in [-0.2, -0.15) is 0 Å². The molecule has 5 nitrogen and oxygen atoms in total. The molecule has 5 heteroatoms. The molecular formula is C13H25NO4. The van der Waals surface area contributed by atoms with Crippen molar-refractivity contribution in [1.82, 2.24) is 4.90 Å². The normalized spacial score (nSPS) is 14.6. The molecule has 1 atom stereocenters. The van der Waals surface area contributed by atoms with Crippen molar-refractivity contribution >= 4 is 11.9 Å². The minimum absolute atomic E-state index is 0.110. The van der Waals surface area contributed by atoms with Gasteiger partial charge in [-0.1, -0.05) is 0 Å². The van der Waals surface area contributed by atoms with Gasteiger partial charge in [-0.25, -0.2) is 0 Å². The maximum Gasteiger partial charge on any atom is 0.320 e. The van der Waals surface area contributed by atoms with Gasteiger partial charge in [0, 0.05) is 17.5 Å². The fraction of sp³-hybridized carbons (Fsp3) is 0.846. The van der Waals surface area contributed by atoms with Crippen molar-refractivity contribution in [2.45, 2.75) is 71.5 Å². The molecule has 0 aromatic rings. The van der Waals surface area contributed by atoms with Crippen LogP contribution in [0.2, 0.25) is 0 Å². The van der Waals surface area contributed by atoms with Crippen LogP contribution in [-0.2, 0) is 9.59 Å². The second-order valence-electron chi connectivity index (χ2n) is 6.50. The number of nitrogens with zero attached hydrogens (tertiary/aromatic N) is 1. The molecule has 0 saturated heterocycles. The number of carboxylic acid groups (broad SMARTS) is 2. The Hall–Kier alpha value is -1.10. The zero-order valence-corrected chi connectivity index (χ0v) is 12.1. The highest BCUT2D eigenvalue weighted by atomic mass is 16.4. The van der Waals surface area contributed by atoms with Crippen LogP contribution in [0.3, 0.4) is 0 Å². The van der Waals surface area contributed by atoms with Gasteiger partial charge < -0.3 is 10.2 Å². The summed E-state index contributed by atoms with van der Waals surface area (Å²) in [4.78, 5) is 23.9. The van der Waals surface area contributed by atoms with Crippen molar-refractivity contribution < 1.29 is 19.8 Å². The van der Waals surface area contributed by atoms with Gasteiger partial charge in [-0.05, 0) is 48.0 Å². The van der Waals surface area contributed by atoms with Crippen LogP contribution in [0, 0.1) is 0 Å². The molecular weight excluding hydrogens is 234 g/mol. The minimum Gasteiger partial charge on any atom is -0.481 e. The third-order valence-corrected chi connectivity index (χ3v) is 2.67. The summed E-state index contributed by atoms with van der Waals surface area (Å²) in [5.74, 6) is -1.94. The summed E-state index contributed by atoms with van der Waals surface area (Å²) < 4.78 is 0. The second-order valence-corrected chi connectivity index (χ2v) is 6.50. The fourth-order valence-electron chi connectivity index (χ4n) is 2.56. The Labute approximate surface area is 109 Å². The second kappa shape index (κ2) is 5.69. The summed E-state index contributed by atoms with van der Waals surface area (Å²) >= 11 is 0. The first kappa shape index (κ1) is 16.9. The Bertz CT molecular complexity index is 298. The zero-order chi connectivity index (χ0) is 14.7. The minimum atomic E-state index is -0.971. The largest absolute Gasteiger partial charge is 0.481 e. The summed E-state index contributed by atoms with van der Waals surface area (Å²) in [6.07, 6.45) is -0.0289. The predicted octanol–water partition coefficient (Wildman–Crippen LogP) is 2.20. The van der Waals surface area contributed by atoms with Gasteiger partial charge in [-0.15, -0.1) is 0 Å². The van der Waals surface area contributed by atoms with Gasteiger partial charge in [-0.3, -0.25) is 14.5 Å². The smallest absolute Gasteiger partial charge is 0.320 e. The molecule has 0 aliphatic rings. The number of carbonyl (C=O) groups is 2. The highest BCUT2D eigenvalue weighted by Crippen LogP contribution is 2.29. The first-order valence-corrected chi connectivity index (χ1v) is 6.11. The molecule has 0 aromatic carbocycles. The molecule has 0 saturated carbocycles. The Kier molecular flexibility index (Phi) is 5.35. The lowest BCUT2D eigenvalue weighted by Gasteiger charge is -2.48. The van der Waals surface area contributed by atoms with Crippen LogP contribution in [0.1, 0.15) is 54.4 Å². The first-order valence-electron chi connectivity index (χ1n) is 6.11. The Morgan fingerprint density at radius 3 is 1.61 bits per heavy atom. The molecule has 2 N–H and O–H groups in total. The molecule has 0 aliphatic carbocycles. The van der Waals surface area contributed by atoms with Gasteiger partial charge in [0.2, 0.25) is 0 Å². The van der Waals surface area contributed by atoms with Gasteiger partial charge in [0.05, 0.1) is 0 Å². The van der Waals surface area contributed by atoms with Gasteiger partial charge in [0.15, 0.2) is 0 Å². The molecule has 0 heterocycles. The van der Waals surface area contributed by atoms with Crippen LogP contribution >= 0.6 is 0 Å². The molecule has 0 aliphatic heterocycles. The van der Waals surface area contributed by atoms with Crippen molar-refractivity contribution in [3.8, 4) is 0 Å². The van der Waals surface area contributed by atoms with E-state index < -0.39 is 18.0 Å². The molecule has 0 amide bonds. The molecule has 18 heavy (non-hydrogen) atoms. The van der Waals surface area contributed by atoms with Crippen molar-refractivity contribution in [2.24, 2.45) is 0 Å². The molecule has 106 valence electrons. The fourth-order valence-corrected chi connectivity index (χ4v) is 2.56. The van der Waals surface area contributed by atoms with E-state index in [4.69, 9.17) is 5.11 Å². The van der Waals surface area contributed by atoms with Crippen LogP contribution in [0.25, 0.3) is 0 Å². The highest BCUT2D eigenvalue weighted by molar-refractivity contribution is 5.75. The van der Waals surface area contributed by atoms with E-state index in [2.05, 4.69) is 0 Å². The number of hydrogen-bond acceptors (Lipinski definition) is 3. The summed E-state index contributed by atoms with van der Waals surface area (Å²) in [5, 5.41) is 18.1. The number of aliphatic carboxylic acids is 2. The average Bonchev–Trinajstić information content (AvgIpc) is 2.06.